The first-order valence-electron chi connectivity index (χ1n) is 10.7. The molecule has 0 radical (unpaired) electrons. The summed E-state index contributed by atoms with van der Waals surface area (Å²) in [4.78, 5) is 28.3. The lowest BCUT2D eigenvalue weighted by atomic mass is 10.1. The molecule has 4 aromatic rings. The predicted molar refractivity (Wildman–Crippen MR) is 135 cm³/mol. The number of hydrogen-bond donors (Lipinski definition) is 1. The molecule has 0 fully saturated rings. The maximum atomic E-state index is 11.2. The zero-order valence-electron chi connectivity index (χ0n) is 18.8. The van der Waals surface area contributed by atoms with E-state index in [9.17, 15) is 14.9 Å². The first-order chi connectivity index (χ1) is 16.9. The maximum absolute atomic E-state index is 11.2. The topological polar surface area (TPSA) is 106 Å². The van der Waals surface area contributed by atoms with E-state index in [1.54, 1.807) is 31.4 Å². The molecule has 0 spiro atoms. The predicted octanol–water partition coefficient (Wildman–Crippen LogP) is 4.90. The first kappa shape index (κ1) is 23.7. The summed E-state index contributed by atoms with van der Waals surface area (Å²) in [7, 11) is 1.63. The molecule has 9 heteroatoms. The van der Waals surface area contributed by atoms with Gasteiger partial charge in [-0.2, -0.15) is 0 Å². The highest BCUT2D eigenvalue weighted by Crippen LogP contribution is 2.32. The van der Waals surface area contributed by atoms with Gasteiger partial charge in [-0.25, -0.2) is 9.78 Å². The van der Waals surface area contributed by atoms with Gasteiger partial charge >= 0.3 is 5.97 Å². The third-order valence-electron chi connectivity index (χ3n) is 5.31. The Bertz CT molecular complexity index is 1420. The van der Waals surface area contributed by atoms with E-state index in [-0.39, 0.29) is 5.69 Å². The molecule has 1 heterocycles. The second kappa shape index (κ2) is 10.7. The average molecular weight is 488 g/mol. The van der Waals surface area contributed by atoms with E-state index in [0.29, 0.717) is 24.2 Å². The van der Waals surface area contributed by atoms with Gasteiger partial charge in [-0.05, 0) is 47.9 Å². The highest BCUT2D eigenvalue weighted by Gasteiger charge is 2.16. The molecular weight excluding hydrogens is 466 g/mol. The average Bonchev–Trinajstić information content (AvgIpc) is 3.29. The number of carbonyl (C=O) groups is 1. The van der Waals surface area contributed by atoms with E-state index in [4.69, 9.17) is 14.8 Å². The van der Waals surface area contributed by atoms with Crippen LogP contribution < -0.4 is 9.64 Å². The number of anilines is 1. The molecule has 0 bridgehead atoms. The number of nitro benzene ring substituents is 1. The molecule has 8 nitrogen and oxygen atoms in total. The van der Waals surface area contributed by atoms with Gasteiger partial charge in [0, 0.05) is 36.7 Å². The van der Waals surface area contributed by atoms with Crippen molar-refractivity contribution in [1.29, 1.82) is 0 Å². The van der Waals surface area contributed by atoms with E-state index < -0.39 is 10.9 Å². The number of aromatic nitrogens is 1. The van der Waals surface area contributed by atoms with Crippen LogP contribution in [0.15, 0.2) is 66.7 Å². The number of carboxylic acids is 1. The quantitative estimate of drug-likeness (QED) is 0.214. The van der Waals surface area contributed by atoms with Crippen LogP contribution in [0.25, 0.3) is 10.2 Å². The molecule has 4 rings (SSSR count). The minimum Gasteiger partial charge on any atom is -0.497 e. The summed E-state index contributed by atoms with van der Waals surface area (Å²) >= 11 is 1.41. The number of aliphatic carboxylic acids is 1. The highest BCUT2D eigenvalue weighted by atomic mass is 32.1. The van der Waals surface area contributed by atoms with E-state index in [2.05, 4.69) is 16.7 Å². The Morgan fingerprint density at radius 2 is 1.83 bits per heavy atom. The lowest BCUT2D eigenvalue weighted by Crippen LogP contribution is -2.25. The van der Waals surface area contributed by atoms with E-state index in [1.807, 2.05) is 36.4 Å². The van der Waals surface area contributed by atoms with Crippen LogP contribution in [0.3, 0.4) is 0 Å². The Morgan fingerprint density at radius 1 is 1.11 bits per heavy atom. The number of carboxylic acid groups (broad SMARTS) is 1. The van der Waals surface area contributed by atoms with Crippen molar-refractivity contribution in [1.82, 2.24) is 4.98 Å². The summed E-state index contributed by atoms with van der Waals surface area (Å²) in [6.45, 7) is 1.24. The smallest absolute Gasteiger partial charge is 0.382 e. The Hall–Kier alpha value is -4.42. The van der Waals surface area contributed by atoms with Crippen molar-refractivity contribution in [2.24, 2.45) is 0 Å². The van der Waals surface area contributed by atoms with Crippen LogP contribution in [-0.4, -0.2) is 34.6 Å². The zero-order valence-corrected chi connectivity index (χ0v) is 19.6. The number of thiazole rings is 1. The number of non-ortho nitro benzene ring substituents is 1. The Balaban J connectivity index is 1.59. The zero-order chi connectivity index (χ0) is 24.8. The fraction of sp³-hybridized carbons (Fsp3) is 0.154. The molecule has 0 saturated carbocycles. The van der Waals surface area contributed by atoms with Gasteiger partial charge in [0.15, 0.2) is 5.13 Å². The van der Waals surface area contributed by atoms with Gasteiger partial charge in [-0.15, -0.1) is 0 Å². The SMILES string of the molecule is COc1ccc(CCN(Cc2ccc(C#CC(=O)O)cc2)c2nc3ccc([N+](=O)[O-])cc3s2)cc1. The number of benzene rings is 3. The van der Waals surface area contributed by atoms with Crippen molar-refractivity contribution in [3.8, 4) is 17.6 Å². The molecule has 1 aromatic heterocycles. The van der Waals surface area contributed by atoms with E-state index in [1.165, 1.54) is 17.4 Å². The molecule has 0 saturated heterocycles. The molecule has 3 aromatic carbocycles. The van der Waals surface area contributed by atoms with Crippen molar-refractivity contribution < 1.29 is 19.6 Å². The van der Waals surface area contributed by atoms with Crippen molar-refractivity contribution in [2.75, 3.05) is 18.6 Å². The lowest BCUT2D eigenvalue weighted by molar-refractivity contribution is -0.384. The number of hydrogen-bond acceptors (Lipinski definition) is 7. The molecule has 0 aliphatic carbocycles. The molecular formula is C26H21N3O5S. The molecule has 176 valence electrons. The molecule has 0 amide bonds. The molecule has 0 aliphatic rings. The van der Waals surface area contributed by atoms with Gasteiger partial charge < -0.3 is 14.7 Å². The van der Waals surface area contributed by atoms with Gasteiger partial charge in [0.25, 0.3) is 5.69 Å². The van der Waals surface area contributed by atoms with Gasteiger partial charge in [0.05, 0.1) is 22.2 Å². The number of methoxy groups -OCH3 is 1. The van der Waals surface area contributed by atoms with Gasteiger partial charge in [-0.1, -0.05) is 41.5 Å². The Kier molecular flexibility index (Phi) is 7.24. The van der Waals surface area contributed by atoms with Gasteiger partial charge in [0.2, 0.25) is 0 Å². The van der Waals surface area contributed by atoms with Gasteiger partial charge in [-0.3, -0.25) is 10.1 Å². The minimum absolute atomic E-state index is 0.0375. The fourth-order valence-corrected chi connectivity index (χ4v) is 4.51. The van der Waals surface area contributed by atoms with Crippen molar-refractivity contribution in [3.05, 3.63) is 93.5 Å². The van der Waals surface area contributed by atoms with Crippen LogP contribution in [0.4, 0.5) is 10.8 Å². The minimum atomic E-state index is -1.17. The van der Waals surface area contributed by atoms with Crippen LogP contribution in [0, 0.1) is 22.0 Å². The maximum Gasteiger partial charge on any atom is 0.382 e. The van der Waals surface area contributed by atoms with Crippen molar-refractivity contribution >= 4 is 38.3 Å². The van der Waals surface area contributed by atoms with E-state index >= 15 is 0 Å². The van der Waals surface area contributed by atoms with E-state index in [0.717, 1.165) is 33.1 Å². The van der Waals surface area contributed by atoms with Crippen LogP contribution in [0.2, 0.25) is 0 Å². The Morgan fingerprint density at radius 3 is 2.49 bits per heavy atom. The summed E-state index contributed by atoms with van der Waals surface area (Å²) in [6, 6.07) is 20.0. The summed E-state index contributed by atoms with van der Waals surface area (Å²) in [5.74, 6) is 4.34. The molecule has 1 N–H and O–H groups in total. The first-order valence-corrected chi connectivity index (χ1v) is 11.5. The third-order valence-corrected chi connectivity index (χ3v) is 6.39. The van der Waals surface area contributed by atoms with Gasteiger partial charge in [0.1, 0.15) is 5.75 Å². The number of rotatable bonds is 8. The monoisotopic (exact) mass is 487 g/mol. The number of ether oxygens (including phenoxy) is 1. The third kappa shape index (κ3) is 6.13. The number of fused-ring (bicyclic) bond motifs is 1. The van der Waals surface area contributed by atoms with Crippen LogP contribution >= 0.6 is 11.3 Å². The second-order valence-electron chi connectivity index (χ2n) is 7.68. The normalized spacial score (nSPS) is 10.4. The number of nitrogens with zero attached hydrogens (tertiary/aromatic N) is 3. The van der Waals surface area contributed by atoms with Crippen molar-refractivity contribution in [2.45, 2.75) is 13.0 Å². The standard InChI is InChI=1S/C26H21N3O5S/c1-34-22-10-6-19(7-11-22)14-15-28(17-20-4-2-18(3-5-20)8-13-25(30)31)26-27-23-12-9-21(29(32)33)16-24(23)35-26/h2-7,9-12,16H,14-15,17H2,1H3,(H,30,31). The largest absolute Gasteiger partial charge is 0.497 e. The number of nitro groups is 1. The molecule has 0 unspecified atom stereocenters. The molecule has 0 atom stereocenters. The fourth-order valence-electron chi connectivity index (χ4n) is 3.49. The van der Waals surface area contributed by atoms with Crippen LogP contribution in [0.5, 0.6) is 5.75 Å². The summed E-state index contributed by atoms with van der Waals surface area (Å²) in [6.07, 6.45) is 0.766. The van der Waals surface area contributed by atoms with Crippen molar-refractivity contribution in [3.63, 3.8) is 0 Å². The summed E-state index contributed by atoms with van der Waals surface area (Å²) < 4.78 is 5.99. The van der Waals surface area contributed by atoms with Crippen LogP contribution in [-0.2, 0) is 17.8 Å². The Labute approximate surface area is 205 Å². The summed E-state index contributed by atoms with van der Waals surface area (Å²) in [5.41, 5.74) is 3.52. The second-order valence-corrected chi connectivity index (χ2v) is 8.69. The lowest BCUT2D eigenvalue weighted by Gasteiger charge is -2.22. The molecule has 35 heavy (non-hydrogen) atoms. The van der Waals surface area contributed by atoms with Crippen LogP contribution in [0.1, 0.15) is 16.7 Å². The summed E-state index contributed by atoms with van der Waals surface area (Å²) in [5, 5.41) is 20.7. The molecule has 0 aliphatic heterocycles. The highest BCUT2D eigenvalue weighted by molar-refractivity contribution is 7.22.